The van der Waals surface area contributed by atoms with Gasteiger partial charge in [0, 0.05) is 34.5 Å². The lowest BCUT2D eigenvalue weighted by molar-refractivity contribution is 0.583. The van der Waals surface area contributed by atoms with Gasteiger partial charge in [0.2, 0.25) is 0 Å². The Kier molecular flexibility index (Phi) is 4.14. The van der Waals surface area contributed by atoms with Crippen LogP contribution in [0, 0.1) is 5.82 Å². The van der Waals surface area contributed by atoms with Crippen molar-refractivity contribution >= 4 is 15.9 Å². The molecule has 0 amide bonds. The average molecular weight is 312 g/mol. The maximum Gasteiger partial charge on any atom is 0.138 e. The molecule has 5 heteroatoms. The minimum Gasteiger partial charge on any atom is -0.341 e. The molecule has 0 atom stereocenters. The monoisotopic (exact) mass is 311 g/mol. The van der Waals surface area contributed by atoms with Crippen LogP contribution in [0.5, 0.6) is 0 Å². The standard InChI is InChI=1S/C13H15BrFN3/c1-8(2)16-6-10-7-17-13(18-10)11-4-3-9(15)5-12(11)14/h3-5,7-8,16H,6H2,1-2H3,(H,17,18). The first-order valence-corrected chi connectivity index (χ1v) is 6.58. The highest BCUT2D eigenvalue weighted by atomic mass is 79.9. The summed E-state index contributed by atoms with van der Waals surface area (Å²) in [6.07, 6.45) is 1.79. The van der Waals surface area contributed by atoms with E-state index in [1.165, 1.54) is 12.1 Å². The third kappa shape index (κ3) is 3.17. The summed E-state index contributed by atoms with van der Waals surface area (Å²) in [5.74, 6) is 0.473. The van der Waals surface area contributed by atoms with E-state index in [4.69, 9.17) is 0 Å². The molecule has 0 bridgehead atoms. The van der Waals surface area contributed by atoms with Crippen LogP contribution in [0.1, 0.15) is 19.5 Å². The molecule has 0 fully saturated rings. The second-order valence-electron chi connectivity index (χ2n) is 4.42. The number of hydrogen-bond donors (Lipinski definition) is 2. The van der Waals surface area contributed by atoms with Crippen molar-refractivity contribution in [1.82, 2.24) is 15.3 Å². The number of nitrogens with one attached hydrogen (secondary N) is 2. The zero-order chi connectivity index (χ0) is 13.1. The van der Waals surface area contributed by atoms with Crippen LogP contribution in [-0.4, -0.2) is 16.0 Å². The molecule has 18 heavy (non-hydrogen) atoms. The Morgan fingerprint density at radius 1 is 1.44 bits per heavy atom. The number of benzene rings is 1. The van der Waals surface area contributed by atoms with E-state index in [0.29, 0.717) is 10.5 Å². The van der Waals surface area contributed by atoms with Crippen molar-refractivity contribution in [3.8, 4) is 11.4 Å². The molecule has 0 aliphatic rings. The van der Waals surface area contributed by atoms with E-state index >= 15 is 0 Å². The third-order valence-corrected chi connectivity index (χ3v) is 3.17. The summed E-state index contributed by atoms with van der Waals surface area (Å²) < 4.78 is 13.7. The first-order chi connectivity index (χ1) is 8.56. The van der Waals surface area contributed by atoms with Gasteiger partial charge in [-0.2, -0.15) is 0 Å². The number of aromatic nitrogens is 2. The van der Waals surface area contributed by atoms with Crippen molar-refractivity contribution < 1.29 is 4.39 Å². The van der Waals surface area contributed by atoms with Crippen LogP contribution in [0.25, 0.3) is 11.4 Å². The second kappa shape index (κ2) is 5.63. The van der Waals surface area contributed by atoms with Gasteiger partial charge in [-0.15, -0.1) is 0 Å². The summed E-state index contributed by atoms with van der Waals surface area (Å²) >= 11 is 3.34. The van der Waals surface area contributed by atoms with Crippen molar-refractivity contribution in [1.29, 1.82) is 0 Å². The van der Waals surface area contributed by atoms with Gasteiger partial charge in [-0.3, -0.25) is 0 Å². The van der Waals surface area contributed by atoms with Crippen molar-refractivity contribution in [2.24, 2.45) is 0 Å². The minimum atomic E-state index is -0.265. The fraction of sp³-hybridized carbons (Fsp3) is 0.308. The molecule has 0 saturated heterocycles. The predicted molar refractivity (Wildman–Crippen MR) is 73.7 cm³/mol. The van der Waals surface area contributed by atoms with E-state index in [1.807, 2.05) is 0 Å². The molecular formula is C13H15BrFN3. The summed E-state index contributed by atoms with van der Waals surface area (Å²) in [7, 11) is 0. The second-order valence-corrected chi connectivity index (χ2v) is 5.27. The highest BCUT2D eigenvalue weighted by Crippen LogP contribution is 2.26. The van der Waals surface area contributed by atoms with Crippen LogP contribution < -0.4 is 5.32 Å². The molecule has 1 heterocycles. The lowest BCUT2D eigenvalue weighted by Crippen LogP contribution is -2.21. The predicted octanol–water partition coefficient (Wildman–Crippen LogP) is 3.48. The molecule has 2 aromatic rings. The normalized spacial score (nSPS) is 11.2. The molecule has 0 aliphatic heterocycles. The molecule has 3 nitrogen and oxygen atoms in total. The Balaban J connectivity index is 2.18. The van der Waals surface area contributed by atoms with Gasteiger partial charge >= 0.3 is 0 Å². The Morgan fingerprint density at radius 2 is 2.22 bits per heavy atom. The topological polar surface area (TPSA) is 40.7 Å². The van der Waals surface area contributed by atoms with Crippen LogP contribution in [0.15, 0.2) is 28.9 Å². The number of imidazole rings is 1. The highest BCUT2D eigenvalue weighted by Gasteiger charge is 2.08. The number of rotatable bonds is 4. The van der Waals surface area contributed by atoms with Gasteiger partial charge in [-0.1, -0.05) is 13.8 Å². The van der Waals surface area contributed by atoms with Crippen molar-refractivity contribution in [2.75, 3.05) is 0 Å². The lowest BCUT2D eigenvalue weighted by atomic mass is 10.2. The molecule has 2 rings (SSSR count). The molecule has 0 saturated carbocycles. The maximum absolute atomic E-state index is 13.0. The lowest BCUT2D eigenvalue weighted by Gasteiger charge is -2.05. The van der Waals surface area contributed by atoms with Gasteiger partial charge in [-0.05, 0) is 34.1 Å². The van der Waals surface area contributed by atoms with E-state index in [1.54, 1.807) is 12.3 Å². The fourth-order valence-corrected chi connectivity index (χ4v) is 2.12. The first kappa shape index (κ1) is 13.2. The van der Waals surface area contributed by atoms with Gasteiger partial charge in [0.25, 0.3) is 0 Å². The number of halogens is 2. The summed E-state index contributed by atoms with van der Waals surface area (Å²) in [5, 5.41) is 3.31. The van der Waals surface area contributed by atoms with Gasteiger partial charge in [0.05, 0.1) is 0 Å². The molecule has 96 valence electrons. The molecule has 1 aromatic carbocycles. The van der Waals surface area contributed by atoms with Crippen LogP contribution in [0.4, 0.5) is 4.39 Å². The van der Waals surface area contributed by atoms with E-state index < -0.39 is 0 Å². The van der Waals surface area contributed by atoms with Gasteiger partial charge in [-0.25, -0.2) is 9.37 Å². The third-order valence-electron chi connectivity index (χ3n) is 2.52. The number of nitrogens with zero attached hydrogens (tertiary/aromatic N) is 1. The summed E-state index contributed by atoms with van der Waals surface area (Å²) in [6.45, 7) is 4.92. The smallest absolute Gasteiger partial charge is 0.138 e. The minimum absolute atomic E-state index is 0.265. The quantitative estimate of drug-likeness (QED) is 0.907. The molecule has 1 aromatic heterocycles. The number of aromatic amines is 1. The SMILES string of the molecule is CC(C)NCc1cnc(-c2ccc(F)cc2Br)[nH]1. The van der Waals surface area contributed by atoms with Crippen molar-refractivity contribution in [3.63, 3.8) is 0 Å². The largest absolute Gasteiger partial charge is 0.341 e. The summed E-state index contributed by atoms with van der Waals surface area (Å²) in [4.78, 5) is 7.53. The van der Waals surface area contributed by atoms with E-state index in [9.17, 15) is 4.39 Å². The Morgan fingerprint density at radius 3 is 2.89 bits per heavy atom. The Hall–Kier alpha value is -1.20. The number of H-pyrrole nitrogens is 1. The van der Waals surface area contributed by atoms with E-state index in [-0.39, 0.29) is 5.82 Å². The molecule has 0 aliphatic carbocycles. The molecule has 0 radical (unpaired) electrons. The van der Waals surface area contributed by atoms with Crippen LogP contribution >= 0.6 is 15.9 Å². The molecule has 2 N–H and O–H groups in total. The highest BCUT2D eigenvalue weighted by molar-refractivity contribution is 9.10. The maximum atomic E-state index is 13.0. The number of hydrogen-bond acceptors (Lipinski definition) is 2. The summed E-state index contributed by atoms with van der Waals surface area (Å²) in [5.41, 5.74) is 1.86. The van der Waals surface area contributed by atoms with Crippen molar-refractivity contribution in [3.05, 3.63) is 40.4 Å². The van der Waals surface area contributed by atoms with Gasteiger partial charge in [0.15, 0.2) is 0 Å². The van der Waals surface area contributed by atoms with Crippen LogP contribution in [0.3, 0.4) is 0 Å². The van der Waals surface area contributed by atoms with E-state index in [0.717, 1.165) is 23.6 Å². The van der Waals surface area contributed by atoms with Crippen LogP contribution in [-0.2, 0) is 6.54 Å². The van der Waals surface area contributed by atoms with Gasteiger partial charge in [0.1, 0.15) is 11.6 Å². The zero-order valence-corrected chi connectivity index (χ0v) is 11.9. The molecule has 0 spiro atoms. The van der Waals surface area contributed by atoms with E-state index in [2.05, 4.69) is 45.1 Å². The fourth-order valence-electron chi connectivity index (χ4n) is 1.58. The van der Waals surface area contributed by atoms with Crippen LogP contribution in [0.2, 0.25) is 0 Å². The first-order valence-electron chi connectivity index (χ1n) is 5.79. The zero-order valence-electron chi connectivity index (χ0n) is 10.3. The van der Waals surface area contributed by atoms with Crippen molar-refractivity contribution in [2.45, 2.75) is 26.4 Å². The Labute approximate surface area is 114 Å². The molecular weight excluding hydrogens is 297 g/mol. The average Bonchev–Trinajstić information content (AvgIpc) is 2.75. The van der Waals surface area contributed by atoms with Gasteiger partial charge < -0.3 is 10.3 Å². The Bertz CT molecular complexity index is 537. The summed E-state index contributed by atoms with van der Waals surface area (Å²) in [6, 6.07) is 4.99. The molecule has 0 unspecified atom stereocenters.